The van der Waals surface area contributed by atoms with E-state index in [1.807, 2.05) is 6.92 Å². The van der Waals surface area contributed by atoms with Gasteiger partial charge in [0.05, 0.1) is 18.0 Å². The minimum Gasteiger partial charge on any atom is -0.497 e. The maximum atomic E-state index is 12.5. The van der Waals surface area contributed by atoms with Crippen LogP contribution in [0.3, 0.4) is 0 Å². The van der Waals surface area contributed by atoms with Gasteiger partial charge in [-0.1, -0.05) is 25.1 Å². The zero-order chi connectivity index (χ0) is 20.0. The third kappa shape index (κ3) is 5.72. The largest absolute Gasteiger partial charge is 0.497 e. The summed E-state index contributed by atoms with van der Waals surface area (Å²) in [6.45, 7) is 3.62. The Balaban J connectivity index is 2.05. The molecule has 0 radical (unpaired) electrons. The first-order valence-electron chi connectivity index (χ1n) is 8.65. The van der Waals surface area contributed by atoms with Crippen molar-refractivity contribution in [1.82, 2.24) is 5.32 Å². The lowest BCUT2D eigenvalue weighted by Gasteiger charge is -2.21. The van der Waals surface area contributed by atoms with E-state index in [-0.39, 0.29) is 16.8 Å². The van der Waals surface area contributed by atoms with Gasteiger partial charge in [0.15, 0.2) is 15.9 Å². The number of rotatable bonds is 8. The van der Waals surface area contributed by atoms with Gasteiger partial charge in [0.25, 0.3) is 5.91 Å². The molecule has 2 aromatic carbocycles. The molecule has 0 aliphatic carbocycles. The van der Waals surface area contributed by atoms with E-state index in [9.17, 15) is 13.2 Å². The Kier molecular flexibility index (Phi) is 6.85. The summed E-state index contributed by atoms with van der Waals surface area (Å²) in [5.41, 5.74) is 0.840. The summed E-state index contributed by atoms with van der Waals surface area (Å²) in [6.07, 6.45) is 1.13. The molecule has 1 amide bonds. The molecule has 0 aromatic heterocycles. The van der Waals surface area contributed by atoms with E-state index in [0.717, 1.165) is 5.56 Å². The predicted molar refractivity (Wildman–Crippen MR) is 104 cm³/mol. The van der Waals surface area contributed by atoms with Crippen LogP contribution in [0.1, 0.15) is 31.9 Å². The summed E-state index contributed by atoms with van der Waals surface area (Å²) >= 11 is 0. The molecule has 1 N–H and O–H groups in total. The number of sulfone groups is 1. The van der Waals surface area contributed by atoms with E-state index in [2.05, 4.69) is 5.32 Å². The van der Waals surface area contributed by atoms with Crippen molar-refractivity contribution in [3.63, 3.8) is 0 Å². The van der Waals surface area contributed by atoms with Crippen LogP contribution in [0.5, 0.6) is 11.5 Å². The number of methoxy groups -OCH3 is 1. The Morgan fingerprint density at radius 1 is 1.11 bits per heavy atom. The first kappa shape index (κ1) is 20.8. The van der Waals surface area contributed by atoms with Crippen LogP contribution in [0.25, 0.3) is 0 Å². The number of hydrogen-bond acceptors (Lipinski definition) is 5. The highest BCUT2D eigenvalue weighted by Crippen LogP contribution is 2.22. The van der Waals surface area contributed by atoms with Crippen molar-refractivity contribution >= 4 is 15.7 Å². The van der Waals surface area contributed by atoms with Crippen molar-refractivity contribution in [2.24, 2.45) is 0 Å². The average Bonchev–Trinajstić information content (AvgIpc) is 2.65. The molecule has 0 aliphatic rings. The van der Waals surface area contributed by atoms with Gasteiger partial charge in [-0.05, 0) is 43.2 Å². The Morgan fingerprint density at radius 3 is 2.30 bits per heavy atom. The van der Waals surface area contributed by atoms with Crippen molar-refractivity contribution in [3.8, 4) is 11.5 Å². The zero-order valence-corrected chi connectivity index (χ0v) is 16.7. The summed E-state index contributed by atoms with van der Waals surface area (Å²) < 4.78 is 34.0. The summed E-state index contributed by atoms with van der Waals surface area (Å²) in [4.78, 5) is 12.8. The molecule has 0 fully saturated rings. The van der Waals surface area contributed by atoms with Crippen LogP contribution >= 0.6 is 0 Å². The van der Waals surface area contributed by atoms with E-state index < -0.39 is 15.9 Å². The van der Waals surface area contributed by atoms with Crippen LogP contribution < -0.4 is 14.8 Å². The number of carbonyl (C=O) groups excluding carboxylic acids is 1. The Hall–Kier alpha value is -2.54. The summed E-state index contributed by atoms with van der Waals surface area (Å²) in [6, 6.07) is 13.4. The van der Waals surface area contributed by atoms with Gasteiger partial charge in [0.1, 0.15) is 11.5 Å². The van der Waals surface area contributed by atoms with E-state index >= 15 is 0 Å². The minimum absolute atomic E-state index is 0.234. The molecule has 0 spiro atoms. The highest BCUT2D eigenvalue weighted by atomic mass is 32.2. The van der Waals surface area contributed by atoms with Crippen LogP contribution in [-0.4, -0.2) is 33.8 Å². The SMILES string of the molecule is CC[C@H](NC(=O)[C@@H](C)Oc1cccc(OC)c1)c1ccc(S(C)(=O)=O)cc1. The molecule has 2 rings (SSSR count). The van der Waals surface area contributed by atoms with Gasteiger partial charge in [-0.15, -0.1) is 0 Å². The minimum atomic E-state index is -3.25. The summed E-state index contributed by atoms with van der Waals surface area (Å²) in [5, 5.41) is 2.95. The number of amides is 1. The lowest BCUT2D eigenvalue weighted by atomic mass is 10.0. The first-order valence-corrected chi connectivity index (χ1v) is 10.5. The van der Waals surface area contributed by atoms with Gasteiger partial charge < -0.3 is 14.8 Å². The number of nitrogens with one attached hydrogen (secondary N) is 1. The maximum absolute atomic E-state index is 12.5. The quantitative estimate of drug-likeness (QED) is 0.748. The lowest BCUT2D eigenvalue weighted by molar-refractivity contribution is -0.128. The van der Waals surface area contributed by atoms with Crippen LogP contribution in [0.2, 0.25) is 0 Å². The standard InChI is InChI=1S/C20H25NO5S/c1-5-19(15-9-11-18(12-10-15)27(4,23)24)21-20(22)14(2)26-17-8-6-7-16(13-17)25-3/h6-14,19H,5H2,1-4H3,(H,21,22)/t14-,19+/m1/s1. The molecule has 0 aliphatic heterocycles. The number of carbonyl (C=O) groups is 1. The fourth-order valence-corrected chi connectivity index (χ4v) is 3.22. The van der Waals surface area contributed by atoms with Crippen molar-refractivity contribution in [2.75, 3.05) is 13.4 Å². The molecular weight excluding hydrogens is 366 g/mol. The van der Waals surface area contributed by atoms with Crippen molar-refractivity contribution in [3.05, 3.63) is 54.1 Å². The normalized spacial score (nSPS) is 13.5. The second-order valence-corrected chi connectivity index (χ2v) is 8.27. The second kappa shape index (κ2) is 8.90. The van der Waals surface area contributed by atoms with Gasteiger partial charge >= 0.3 is 0 Å². The molecule has 0 heterocycles. The summed E-state index contributed by atoms with van der Waals surface area (Å²) in [5.74, 6) is 0.942. The molecular formula is C20H25NO5S. The molecule has 2 aromatic rings. The average molecular weight is 391 g/mol. The van der Waals surface area contributed by atoms with Gasteiger partial charge in [0, 0.05) is 12.3 Å². The third-order valence-electron chi connectivity index (χ3n) is 4.16. The van der Waals surface area contributed by atoms with Crippen molar-refractivity contribution in [2.45, 2.75) is 37.3 Å². The number of hydrogen-bond donors (Lipinski definition) is 1. The fourth-order valence-electron chi connectivity index (χ4n) is 2.59. The molecule has 27 heavy (non-hydrogen) atoms. The van der Waals surface area contributed by atoms with E-state index in [1.165, 1.54) is 6.26 Å². The monoisotopic (exact) mass is 391 g/mol. The molecule has 2 atom stereocenters. The lowest BCUT2D eigenvalue weighted by Crippen LogP contribution is -2.38. The van der Waals surface area contributed by atoms with Crippen LogP contribution in [0, 0.1) is 0 Å². The van der Waals surface area contributed by atoms with Gasteiger partial charge in [-0.2, -0.15) is 0 Å². The van der Waals surface area contributed by atoms with Gasteiger partial charge in [-0.25, -0.2) is 8.42 Å². The highest BCUT2D eigenvalue weighted by Gasteiger charge is 2.20. The van der Waals surface area contributed by atoms with Crippen LogP contribution in [0.4, 0.5) is 0 Å². The first-order chi connectivity index (χ1) is 12.7. The fraction of sp³-hybridized carbons (Fsp3) is 0.350. The maximum Gasteiger partial charge on any atom is 0.261 e. The van der Waals surface area contributed by atoms with Gasteiger partial charge in [-0.3, -0.25) is 4.79 Å². The third-order valence-corrected chi connectivity index (χ3v) is 5.29. The van der Waals surface area contributed by atoms with Crippen LogP contribution in [-0.2, 0) is 14.6 Å². The molecule has 0 saturated heterocycles. The van der Waals surface area contributed by atoms with E-state index in [4.69, 9.17) is 9.47 Å². The topological polar surface area (TPSA) is 81.7 Å². The summed E-state index contributed by atoms with van der Waals surface area (Å²) in [7, 11) is -1.68. The Morgan fingerprint density at radius 2 is 1.74 bits per heavy atom. The highest BCUT2D eigenvalue weighted by molar-refractivity contribution is 7.90. The number of benzene rings is 2. The molecule has 6 nitrogen and oxygen atoms in total. The smallest absolute Gasteiger partial charge is 0.261 e. The molecule has 0 bridgehead atoms. The molecule has 7 heteroatoms. The van der Waals surface area contributed by atoms with E-state index in [1.54, 1.807) is 62.6 Å². The van der Waals surface area contributed by atoms with Crippen molar-refractivity contribution < 1.29 is 22.7 Å². The van der Waals surface area contributed by atoms with Crippen molar-refractivity contribution in [1.29, 1.82) is 0 Å². The number of ether oxygens (including phenoxy) is 2. The Bertz CT molecular complexity index is 878. The van der Waals surface area contributed by atoms with Crippen LogP contribution in [0.15, 0.2) is 53.4 Å². The van der Waals surface area contributed by atoms with Gasteiger partial charge in [0.2, 0.25) is 0 Å². The molecule has 146 valence electrons. The Labute approximate surface area is 160 Å². The van der Waals surface area contributed by atoms with E-state index in [0.29, 0.717) is 17.9 Å². The predicted octanol–water partition coefficient (Wildman–Crippen LogP) is 3.13. The zero-order valence-electron chi connectivity index (χ0n) is 15.9. The molecule has 0 saturated carbocycles. The molecule has 0 unspecified atom stereocenters. The second-order valence-electron chi connectivity index (χ2n) is 6.25.